The summed E-state index contributed by atoms with van der Waals surface area (Å²) in [5, 5.41) is 5.21. The van der Waals surface area contributed by atoms with Crippen LogP contribution in [0.25, 0.3) is 60.7 Å². The van der Waals surface area contributed by atoms with Crippen LogP contribution in [-0.4, -0.2) is 9.38 Å². The largest absolute Gasteiger partial charge is 0.306 e. The molecule has 2 aromatic heterocycles. The van der Waals surface area contributed by atoms with Crippen LogP contribution in [-0.2, 0) is 0 Å². The number of nitrogens with zero attached hydrogens (tertiary/aromatic N) is 2. The Morgan fingerprint density at radius 2 is 1.03 bits per heavy atom. The van der Waals surface area contributed by atoms with Crippen LogP contribution < -0.4 is 0 Å². The highest BCUT2D eigenvalue weighted by molar-refractivity contribution is 6.14. The third kappa shape index (κ3) is 3.30. The Labute approximate surface area is 210 Å². The highest BCUT2D eigenvalue weighted by Gasteiger charge is 2.13. The minimum atomic E-state index is 0.948. The van der Waals surface area contributed by atoms with E-state index in [0.717, 1.165) is 16.9 Å². The van der Waals surface area contributed by atoms with Gasteiger partial charge in [0.25, 0.3) is 0 Å². The summed E-state index contributed by atoms with van der Waals surface area (Å²) < 4.78 is 2.12. The molecule has 0 spiro atoms. The fourth-order valence-electron chi connectivity index (χ4n) is 5.40. The molecular formula is C34H24N2. The number of aromatic nitrogens is 2. The summed E-state index contributed by atoms with van der Waals surface area (Å²) >= 11 is 0. The van der Waals surface area contributed by atoms with Gasteiger partial charge in [-0.25, -0.2) is 4.98 Å². The average molecular weight is 461 g/mol. The lowest BCUT2D eigenvalue weighted by Crippen LogP contribution is -1.89. The van der Waals surface area contributed by atoms with E-state index in [1.807, 2.05) is 6.07 Å². The van der Waals surface area contributed by atoms with Gasteiger partial charge in [-0.1, -0.05) is 103 Å². The predicted molar refractivity (Wildman–Crippen MR) is 151 cm³/mol. The number of rotatable bonds is 3. The standard InChI is InChI=1S/C34H24N2/c1-23-28-11-5-7-13-30(28)34(31-14-8-6-12-29(23)31)26-17-15-25(16-18-26)32-22-36-21-27(19-20-33(36)35-32)24-9-3-2-4-10-24/h2-22H,1H3. The average Bonchev–Trinajstić information content (AvgIpc) is 3.38. The van der Waals surface area contributed by atoms with Gasteiger partial charge >= 0.3 is 0 Å². The molecule has 0 amide bonds. The molecule has 5 aromatic carbocycles. The number of hydrogen-bond acceptors (Lipinski definition) is 1. The highest BCUT2D eigenvalue weighted by atomic mass is 15.0. The van der Waals surface area contributed by atoms with Gasteiger partial charge in [0.2, 0.25) is 0 Å². The van der Waals surface area contributed by atoms with Crippen molar-refractivity contribution in [3.05, 3.63) is 133 Å². The fraction of sp³-hybridized carbons (Fsp3) is 0.0294. The zero-order chi connectivity index (χ0) is 24.1. The van der Waals surface area contributed by atoms with Gasteiger partial charge in [0.05, 0.1) is 5.69 Å². The van der Waals surface area contributed by atoms with Crippen molar-refractivity contribution >= 4 is 27.2 Å². The van der Waals surface area contributed by atoms with E-state index in [1.54, 1.807) is 0 Å². The molecule has 2 nitrogen and oxygen atoms in total. The maximum atomic E-state index is 4.89. The first kappa shape index (κ1) is 20.7. The molecule has 0 bridgehead atoms. The normalized spacial score (nSPS) is 11.5. The molecule has 0 aliphatic rings. The van der Waals surface area contributed by atoms with Crippen LogP contribution in [0.4, 0.5) is 0 Å². The van der Waals surface area contributed by atoms with Crippen molar-refractivity contribution in [1.82, 2.24) is 9.38 Å². The summed E-state index contributed by atoms with van der Waals surface area (Å²) in [7, 11) is 0. The lowest BCUT2D eigenvalue weighted by molar-refractivity contribution is 1.19. The van der Waals surface area contributed by atoms with Gasteiger partial charge in [-0.2, -0.15) is 0 Å². The highest BCUT2D eigenvalue weighted by Crippen LogP contribution is 2.39. The van der Waals surface area contributed by atoms with Gasteiger partial charge < -0.3 is 4.40 Å². The van der Waals surface area contributed by atoms with Crippen LogP contribution in [0.15, 0.2) is 128 Å². The van der Waals surface area contributed by atoms with E-state index >= 15 is 0 Å². The van der Waals surface area contributed by atoms with Crippen molar-refractivity contribution in [3.8, 4) is 33.5 Å². The van der Waals surface area contributed by atoms with Crippen molar-refractivity contribution in [1.29, 1.82) is 0 Å². The zero-order valence-electron chi connectivity index (χ0n) is 20.0. The molecule has 0 fully saturated rings. The SMILES string of the molecule is Cc1c2ccccc2c(-c2ccc(-c3cn4cc(-c5ccccc5)ccc4n3)cc2)c2ccccc12. The van der Waals surface area contributed by atoms with Crippen molar-refractivity contribution in [2.75, 3.05) is 0 Å². The van der Waals surface area contributed by atoms with E-state index in [4.69, 9.17) is 4.98 Å². The lowest BCUT2D eigenvalue weighted by Gasteiger charge is -2.15. The summed E-state index contributed by atoms with van der Waals surface area (Å²) in [5.41, 5.74) is 9.28. The topological polar surface area (TPSA) is 17.3 Å². The summed E-state index contributed by atoms with van der Waals surface area (Å²) in [6.07, 6.45) is 4.27. The number of hydrogen-bond donors (Lipinski definition) is 0. The molecule has 0 saturated carbocycles. The molecule has 0 atom stereocenters. The molecule has 7 rings (SSSR count). The molecule has 36 heavy (non-hydrogen) atoms. The second-order valence-corrected chi connectivity index (χ2v) is 9.34. The second-order valence-electron chi connectivity index (χ2n) is 9.34. The number of imidazole rings is 1. The Balaban J connectivity index is 1.33. The Hall–Kier alpha value is -4.69. The number of aryl methyl sites for hydroxylation is 1. The van der Waals surface area contributed by atoms with Crippen LogP contribution in [0.2, 0.25) is 0 Å². The maximum Gasteiger partial charge on any atom is 0.137 e. The van der Waals surface area contributed by atoms with Crippen LogP contribution in [0.1, 0.15) is 5.56 Å². The Bertz CT molecular complexity index is 1820. The lowest BCUT2D eigenvalue weighted by atomic mass is 9.88. The van der Waals surface area contributed by atoms with Crippen molar-refractivity contribution in [2.45, 2.75) is 6.92 Å². The van der Waals surface area contributed by atoms with Crippen LogP contribution in [0, 0.1) is 6.92 Å². The van der Waals surface area contributed by atoms with E-state index in [1.165, 1.54) is 49.4 Å². The first-order valence-corrected chi connectivity index (χ1v) is 12.3. The fourth-order valence-corrected chi connectivity index (χ4v) is 5.40. The van der Waals surface area contributed by atoms with Crippen molar-refractivity contribution in [3.63, 3.8) is 0 Å². The monoisotopic (exact) mass is 460 g/mol. The summed E-state index contributed by atoms with van der Waals surface area (Å²) in [6, 6.07) is 41.0. The summed E-state index contributed by atoms with van der Waals surface area (Å²) in [6.45, 7) is 2.23. The van der Waals surface area contributed by atoms with E-state index in [2.05, 4.69) is 133 Å². The molecule has 0 unspecified atom stereocenters. The number of fused-ring (bicyclic) bond motifs is 3. The van der Waals surface area contributed by atoms with Gasteiger partial charge in [-0.15, -0.1) is 0 Å². The molecule has 0 radical (unpaired) electrons. The number of pyridine rings is 1. The van der Waals surface area contributed by atoms with E-state index in [0.29, 0.717) is 0 Å². The van der Waals surface area contributed by atoms with Crippen LogP contribution >= 0.6 is 0 Å². The predicted octanol–water partition coefficient (Wildman–Crippen LogP) is 8.95. The van der Waals surface area contributed by atoms with Crippen LogP contribution in [0.5, 0.6) is 0 Å². The van der Waals surface area contributed by atoms with Gasteiger partial charge in [0.1, 0.15) is 5.65 Å². The second kappa shape index (κ2) is 8.21. The van der Waals surface area contributed by atoms with Crippen LogP contribution in [0.3, 0.4) is 0 Å². The van der Waals surface area contributed by atoms with Crippen molar-refractivity contribution in [2.24, 2.45) is 0 Å². The van der Waals surface area contributed by atoms with Gasteiger partial charge in [0, 0.05) is 18.0 Å². The molecule has 2 heteroatoms. The van der Waals surface area contributed by atoms with E-state index in [9.17, 15) is 0 Å². The molecule has 0 N–H and O–H groups in total. The molecule has 0 aliphatic heterocycles. The van der Waals surface area contributed by atoms with Gasteiger partial charge in [-0.3, -0.25) is 0 Å². The third-order valence-corrected chi connectivity index (χ3v) is 7.23. The van der Waals surface area contributed by atoms with E-state index < -0.39 is 0 Å². The quantitative estimate of drug-likeness (QED) is 0.241. The molecule has 0 aliphatic carbocycles. The molecule has 0 saturated heterocycles. The first-order chi connectivity index (χ1) is 17.8. The number of benzene rings is 5. The molecule has 170 valence electrons. The van der Waals surface area contributed by atoms with Gasteiger partial charge in [0.15, 0.2) is 0 Å². The van der Waals surface area contributed by atoms with Crippen molar-refractivity contribution < 1.29 is 0 Å². The summed E-state index contributed by atoms with van der Waals surface area (Å²) in [5.74, 6) is 0. The molecule has 7 aromatic rings. The first-order valence-electron chi connectivity index (χ1n) is 12.3. The minimum Gasteiger partial charge on any atom is -0.306 e. The molecule has 2 heterocycles. The van der Waals surface area contributed by atoms with Gasteiger partial charge in [-0.05, 0) is 68.4 Å². The zero-order valence-corrected chi connectivity index (χ0v) is 20.0. The minimum absolute atomic E-state index is 0.948. The maximum absolute atomic E-state index is 4.89. The summed E-state index contributed by atoms with van der Waals surface area (Å²) in [4.78, 5) is 4.89. The third-order valence-electron chi connectivity index (χ3n) is 7.23. The molecular weight excluding hydrogens is 436 g/mol. The Kier molecular flexibility index (Phi) is 4.71. The van der Waals surface area contributed by atoms with E-state index in [-0.39, 0.29) is 0 Å². The Morgan fingerprint density at radius 3 is 1.69 bits per heavy atom. The Morgan fingerprint density at radius 1 is 0.472 bits per heavy atom. The smallest absolute Gasteiger partial charge is 0.137 e.